The molecule has 2 heterocycles. The molecule has 1 atom stereocenters. The third kappa shape index (κ3) is 3.73. The molecule has 0 spiro atoms. The predicted molar refractivity (Wildman–Crippen MR) is 104 cm³/mol. The van der Waals surface area contributed by atoms with Crippen LogP contribution >= 0.6 is 11.8 Å². The van der Waals surface area contributed by atoms with E-state index in [1.807, 2.05) is 24.3 Å². The molecule has 27 heavy (non-hydrogen) atoms. The van der Waals surface area contributed by atoms with Crippen LogP contribution in [0.25, 0.3) is 11.3 Å². The minimum Gasteiger partial charge on any atom is -0.448 e. The van der Waals surface area contributed by atoms with Crippen LogP contribution in [0.3, 0.4) is 0 Å². The first-order chi connectivity index (χ1) is 13.3. The second kappa shape index (κ2) is 7.92. The Morgan fingerprint density at radius 2 is 1.93 bits per heavy atom. The van der Waals surface area contributed by atoms with Gasteiger partial charge in [0.2, 0.25) is 17.3 Å². The van der Waals surface area contributed by atoms with Crippen molar-refractivity contribution in [2.75, 3.05) is 11.1 Å². The number of nitrogens with one attached hydrogen (secondary N) is 1. The number of unbranched alkanes of at least 4 members (excludes halogenated alkanes) is 1. The minimum atomic E-state index is -0.709. The van der Waals surface area contributed by atoms with Gasteiger partial charge >= 0.3 is 0 Å². The van der Waals surface area contributed by atoms with E-state index in [1.165, 1.54) is 6.07 Å². The van der Waals surface area contributed by atoms with Crippen LogP contribution in [0.15, 0.2) is 53.7 Å². The van der Waals surface area contributed by atoms with Crippen molar-refractivity contribution in [3.05, 3.63) is 59.9 Å². The molecule has 1 unspecified atom stereocenters. The van der Waals surface area contributed by atoms with Gasteiger partial charge in [-0.3, -0.25) is 0 Å². The van der Waals surface area contributed by atoms with Crippen LogP contribution in [0.1, 0.15) is 31.6 Å². The van der Waals surface area contributed by atoms with E-state index in [2.05, 4.69) is 27.4 Å². The molecule has 2 aromatic carbocycles. The maximum Gasteiger partial charge on any atom is 0.247 e. The first-order valence-corrected chi connectivity index (χ1v) is 9.89. The molecule has 1 aliphatic rings. The van der Waals surface area contributed by atoms with Crippen molar-refractivity contribution in [3.8, 4) is 17.1 Å². The fraction of sp³-hybridized carbons (Fsp3) is 0.250. The Morgan fingerprint density at radius 3 is 2.78 bits per heavy atom. The number of thioether (sulfide) groups is 1. The summed E-state index contributed by atoms with van der Waals surface area (Å²) in [6.07, 6.45) is 1.47. The first-order valence-electron chi connectivity index (χ1n) is 8.91. The number of benzene rings is 2. The Hall–Kier alpha value is -2.67. The van der Waals surface area contributed by atoms with Crippen LogP contribution in [0, 0.1) is 5.82 Å². The Labute approximate surface area is 161 Å². The summed E-state index contributed by atoms with van der Waals surface area (Å²) < 4.78 is 20.4. The number of nitrogens with zero attached hydrogens (tertiary/aromatic N) is 3. The van der Waals surface area contributed by atoms with Crippen LogP contribution in [0.4, 0.5) is 10.1 Å². The van der Waals surface area contributed by atoms with Crippen LogP contribution < -0.4 is 10.1 Å². The molecule has 0 saturated heterocycles. The number of fused-ring (bicyclic) bond motifs is 3. The van der Waals surface area contributed by atoms with E-state index in [0.717, 1.165) is 29.8 Å². The van der Waals surface area contributed by atoms with Gasteiger partial charge in [0.1, 0.15) is 5.82 Å². The van der Waals surface area contributed by atoms with E-state index in [4.69, 9.17) is 4.74 Å². The Morgan fingerprint density at radius 1 is 1.11 bits per heavy atom. The average Bonchev–Trinajstić information content (AvgIpc) is 2.85. The molecule has 0 fully saturated rings. The lowest BCUT2D eigenvalue weighted by atomic mass is 10.1. The van der Waals surface area contributed by atoms with Crippen LogP contribution in [0.2, 0.25) is 0 Å². The summed E-state index contributed by atoms with van der Waals surface area (Å²) in [4.78, 5) is 4.55. The van der Waals surface area contributed by atoms with Crippen LogP contribution in [-0.2, 0) is 0 Å². The predicted octanol–water partition coefficient (Wildman–Crippen LogP) is 5.07. The molecule has 4 rings (SSSR count). The summed E-state index contributed by atoms with van der Waals surface area (Å²) in [6.45, 7) is 2.14. The van der Waals surface area contributed by atoms with Gasteiger partial charge < -0.3 is 10.1 Å². The number of rotatable bonds is 5. The summed E-state index contributed by atoms with van der Waals surface area (Å²) in [5.74, 6) is 0.938. The molecule has 7 heteroatoms. The summed E-state index contributed by atoms with van der Waals surface area (Å²) in [7, 11) is 0. The van der Waals surface area contributed by atoms with Gasteiger partial charge in [0.05, 0.1) is 0 Å². The fourth-order valence-electron chi connectivity index (χ4n) is 2.84. The molecule has 1 N–H and O–H groups in total. The molecule has 138 valence electrons. The number of anilines is 1. The highest BCUT2D eigenvalue weighted by Crippen LogP contribution is 2.39. The van der Waals surface area contributed by atoms with Gasteiger partial charge in [-0.25, -0.2) is 4.39 Å². The Balaban J connectivity index is 1.76. The summed E-state index contributed by atoms with van der Waals surface area (Å²) in [6, 6.07) is 14.2. The maximum atomic E-state index is 14.4. The van der Waals surface area contributed by atoms with Crippen LogP contribution in [-0.4, -0.2) is 20.9 Å². The summed E-state index contributed by atoms with van der Waals surface area (Å²) in [5.41, 5.74) is 2.60. The molecule has 1 aromatic heterocycles. The zero-order valence-electron chi connectivity index (χ0n) is 14.9. The van der Waals surface area contributed by atoms with E-state index >= 15 is 0 Å². The highest BCUT2D eigenvalue weighted by Gasteiger charge is 2.27. The first kappa shape index (κ1) is 17.7. The Kier molecular flexibility index (Phi) is 5.20. The van der Waals surface area contributed by atoms with Gasteiger partial charge in [-0.05, 0) is 18.6 Å². The quantitative estimate of drug-likeness (QED) is 0.491. The molecule has 0 bridgehead atoms. The number of halogens is 1. The van der Waals surface area contributed by atoms with Gasteiger partial charge in [0, 0.05) is 22.6 Å². The molecular weight excluding hydrogens is 363 g/mol. The lowest BCUT2D eigenvalue weighted by Gasteiger charge is -2.19. The zero-order valence-corrected chi connectivity index (χ0v) is 15.7. The number of hydrogen-bond acceptors (Lipinski definition) is 6. The average molecular weight is 382 g/mol. The summed E-state index contributed by atoms with van der Waals surface area (Å²) in [5, 5.41) is 12.4. The van der Waals surface area contributed by atoms with E-state index in [9.17, 15) is 4.39 Å². The molecule has 0 radical (unpaired) electrons. The molecule has 0 amide bonds. The largest absolute Gasteiger partial charge is 0.448 e. The normalized spacial score (nSPS) is 15.1. The lowest BCUT2D eigenvalue weighted by Crippen LogP contribution is -2.18. The van der Waals surface area contributed by atoms with Gasteiger partial charge in [0.15, 0.2) is 5.69 Å². The van der Waals surface area contributed by atoms with E-state index < -0.39 is 6.23 Å². The van der Waals surface area contributed by atoms with Crippen LogP contribution in [0.5, 0.6) is 5.88 Å². The lowest BCUT2D eigenvalue weighted by molar-refractivity contribution is 0.220. The maximum absolute atomic E-state index is 14.4. The minimum absolute atomic E-state index is 0.338. The van der Waals surface area contributed by atoms with Crippen molar-refractivity contribution in [2.45, 2.75) is 31.1 Å². The van der Waals surface area contributed by atoms with Gasteiger partial charge in [-0.2, -0.15) is 4.98 Å². The standard InChI is InChI=1S/C20H19FN4OS/c1-2-3-12-27-20-23-19-17(24-25-20)14-9-5-7-11-16(14)22-18(26-19)13-8-4-6-10-15(13)21/h4-11,18,22H,2-3,12H2,1H3. The highest BCUT2D eigenvalue weighted by molar-refractivity contribution is 7.99. The van der Waals surface area contributed by atoms with Gasteiger partial charge in [0.25, 0.3) is 0 Å². The molecule has 5 nitrogen and oxygen atoms in total. The second-order valence-electron chi connectivity index (χ2n) is 6.16. The smallest absolute Gasteiger partial charge is 0.247 e. The monoisotopic (exact) mass is 382 g/mol. The number of para-hydroxylation sites is 1. The third-order valence-corrected chi connectivity index (χ3v) is 5.17. The topological polar surface area (TPSA) is 59.9 Å². The van der Waals surface area contributed by atoms with Crippen molar-refractivity contribution in [2.24, 2.45) is 0 Å². The second-order valence-corrected chi connectivity index (χ2v) is 7.22. The van der Waals surface area contributed by atoms with Gasteiger partial charge in [-0.1, -0.05) is 61.5 Å². The highest BCUT2D eigenvalue weighted by atomic mass is 32.2. The summed E-state index contributed by atoms with van der Waals surface area (Å²) >= 11 is 1.55. The van der Waals surface area contributed by atoms with Crippen molar-refractivity contribution in [3.63, 3.8) is 0 Å². The molecule has 3 aromatic rings. The third-order valence-electron chi connectivity index (χ3n) is 4.25. The van der Waals surface area contributed by atoms with Crippen molar-refractivity contribution in [1.29, 1.82) is 0 Å². The zero-order chi connectivity index (χ0) is 18.6. The molecule has 1 aliphatic heterocycles. The van der Waals surface area contributed by atoms with E-state index in [-0.39, 0.29) is 5.82 Å². The van der Waals surface area contributed by atoms with Crippen molar-refractivity contribution >= 4 is 17.4 Å². The SMILES string of the molecule is CCCCSc1nnc2c(n1)OC(c1ccccc1F)Nc1ccccc1-2. The molecule has 0 saturated carbocycles. The van der Waals surface area contributed by atoms with Crippen molar-refractivity contribution < 1.29 is 9.13 Å². The number of ether oxygens (including phenoxy) is 1. The molecule has 0 aliphatic carbocycles. The fourth-order valence-corrected chi connectivity index (χ4v) is 3.71. The van der Waals surface area contributed by atoms with Gasteiger partial charge in [-0.15, -0.1) is 10.2 Å². The number of hydrogen-bond donors (Lipinski definition) is 1. The molecular formula is C20H19FN4OS. The Bertz CT molecular complexity index is 953. The van der Waals surface area contributed by atoms with E-state index in [0.29, 0.717) is 22.3 Å². The number of aromatic nitrogens is 3. The van der Waals surface area contributed by atoms with E-state index in [1.54, 1.807) is 30.0 Å². The van der Waals surface area contributed by atoms with Crippen molar-refractivity contribution in [1.82, 2.24) is 15.2 Å².